The van der Waals surface area contributed by atoms with Crippen molar-refractivity contribution in [2.45, 2.75) is 18.5 Å². The van der Waals surface area contributed by atoms with Gasteiger partial charge < -0.3 is 20.1 Å². The average Bonchev–Trinajstić information content (AvgIpc) is 3.05. The first-order valence-corrected chi connectivity index (χ1v) is 8.40. The van der Waals surface area contributed by atoms with Crippen molar-refractivity contribution in [3.8, 4) is 0 Å². The second-order valence-electron chi connectivity index (χ2n) is 6.26. The smallest absolute Gasteiger partial charge is 0.290 e. The number of nitrogens with one attached hydrogen (secondary N) is 1. The maximum absolute atomic E-state index is 12.2. The summed E-state index contributed by atoms with van der Waals surface area (Å²) in [5, 5.41) is 10.0. The largest absolute Gasteiger partial charge is 0.483 e. The van der Waals surface area contributed by atoms with Crippen LogP contribution in [0.5, 0.6) is 0 Å². The van der Waals surface area contributed by atoms with Crippen LogP contribution >= 0.6 is 0 Å². The Balaban J connectivity index is 0.000000701. The van der Waals surface area contributed by atoms with Gasteiger partial charge in [0.05, 0.1) is 31.7 Å². The highest BCUT2D eigenvalue weighted by Gasteiger charge is 2.35. The topological polar surface area (TPSA) is 95.0 Å². The molecule has 8 nitrogen and oxygen atoms in total. The Labute approximate surface area is 147 Å². The van der Waals surface area contributed by atoms with Crippen molar-refractivity contribution in [2.75, 3.05) is 46.4 Å². The Morgan fingerprint density at radius 2 is 2.12 bits per heavy atom. The van der Waals surface area contributed by atoms with E-state index in [1.54, 1.807) is 12.4 Å². The predicted molar refractivity (Wildman–Crippen MR) is 92.2 cm³/mol. The van der Waals surface area contributed by atoms with Crippen molar-refractivity contribution in [1.82, 2.24) is 20.1 Å². The lowest BCUT2D eigenvalue weighted by molar-refractivity contribution is -0.123. The number of pyridine rings is 1. The minimum absolute atomic E-state index is 0.0441. The molecule has 0 bridgehead atoms. The number of nitrogens with zero attached hydrogens (tertiary/aromatic N) is 3. The molecule has 2 fully saturated rings. The van der Waals surface area contributed by atoms with E-state index < -0.39 is 0 Å². The van der Waals surface area contributed by atoms with E-state index in [0.717, 1.165) is 31.7 Å². The third-order valence-electron chi connectivity index (χ3n) is 4.49. The zero-order valence-corrected chi connectivity index (χ0v) is 14.5. The predicted octanol–water partition coefficient (Wildman–Crippen LogP) is -0.544. The molecule has 25 heavy (non-hydrogen) atoms. The second kappa shape index (κ2) is 10.1. The van der Waals surface area contributed by atoms with Crippen LogP contribution in [-0.4, -0.2) is 90.8 Å². The molecule has 0 aliphatic carbocycles. The van der Waals surface area contributed by atoms with Crippen molar-refractivity contribution < 1.29 is 19.4 Å². The van der Waals surface area contributed by atoms with Crippen LogP contribution in [0.2, 0.25) is 0 Å². The fourth-order valence-corrected chi connectivity index (χ4v) is 3.14. The Hall–Kier alpha value is -2.03. The molecule has 8 heteroatoms. The molecule has 2 aliphatic rings. The number of carbonyl (C=O) groups excluding carboxylic acids is 1. The van der Waals surface area contributed by atoms with Crippen molar-refractivity contribution in [3.05, 3.63) is 30.1 Å². The lowest BCUT2D eigenvalue weighted by atomic mass is 10.1. The van der Waals surface area contributed by atoms with Crippen LogP contribution in [0.1, 0.15) is 5.56 Å². The van der Waals surface area contributed by atoms with E-state index in [-0.39, 0.29) is 18.4 Å². The van der Waals surface area contributed by atoms with Crippen LogP contribution < -0.4 is 5.32 Å². The Morgan fingerprint density at radius 3 is 2.76 bits per heavy atom. The number of amides is 1. The summed E-state index contributed by atoms with van der Waals surface area (Å²) in [5.74, 6) is 0.0441. The van der Waals surface area contributed by atoms with Gasteiger partial charge in [0.25, 0.3) is 6.47 Å². The van der Waals surface area contributed by atoms with E-state index in [0.29, 0.717) is 25.7 Å². The van der Waals surface area contributed by atoms with Crippen molar-refractivity contribution in [2.24, 2.45) is 0 Å². The summed E-state index contributed by atoms with van der Waals surface area (Å²) in [6, 6.07) is 4.17. The van der Waals surface area contributed by atoms with Gasteiger partial charge in [-0.1, -0.05) is 6.07 Å². The number of hydrogen-bond donors (Lipinski definition) is 2. The van der Waals surface area contributed by atoms with Gasteiger partial charge in [-0.05, 0) is 18.7 Å². The minimum atomic E-state index is -0.250. The molecule has 0 radical (unpaired) electrons. The van der Waals surface area contributed by atoms with E-state index >= 15 is 0 Å². The molecular formula is C17H26N4O4. The third kappa shape index (κ3) is 6.08. The van der Waals surface area contributed by atoms with Crippen LogP contribution in [0.4, 0.5) is 0 Å². The molecule has 0 spiro atoms. The maximum Gasteiger partial charge on any atom is 0.290 e. The quantitative estimate of drug-likeness (QED) is 0.704. The van der Waals surface area contributed by atoms with Gasteiger partial charge in [-0.3, -0.25) is 19.5 Å². The summed E-state index contributed by atoms with van der Waals surface area (Å²) >= 11 is 0. The van der Waals surface area contributed by atoms with Crippen molar-refractivity contribution >= 4 is 12.4 Å². The molecule has 2 N–H and O–H groups in total. The van der Waals surface area contributed by atoms with E-state index in [2.05, 4.69) is 27.1 Å². The summed E-state index contributed by atoms with van der Waals surface area (Å²) < 4.78 is 5.62. The van der Waals surface area contributed by atoms with E-state index in [1.807, 2.05) is 12.1 Å². The SMILES string of the molecule is CN1CCN([C@H]2COC[C@@H]2NC(=O)Cc2cccnc2)CC1.O=CO. The number of aromatic nitrogens is 1. The normalized spacial score (nSPS) is 24.2. The average molecular weight is 350 g/mol. The van der Waals surface area contributed by atoms with Crippen LogP contribution in [0, 0.1) is 0 Å². The summed E-state index contributed by atoms with van der Waals surface area (Å²) in [6.45, 7) is 5.30. The van der Waals surface area contributed by atoms with Crippen LogP contribution in [0.15, 0.2) is 24.5 Å². The van der Waals surface area contributed by atoms with Crippen LogP contribution in [0.3, 0.4) is 0 Å². The highest BCUT2D eigenvalue weighted by Crippen LogP contribution is 2.15. The molecule has 1 aromatic rings. The second-order valence-corrected chi connectivity index (χ2v) is 6.26. The fourth-order valence-electron chi connectivity index (χ4n) is 3.14. The first kappa shape index (κ1) is 19.3. The molecule has 138 valence electrons. The van der Waals surface area contributed by atoms with E-state index in [1.165, 1.54) is 0 Å². The standard InChI is InChI=1S/C16H24N4O2.CH2O2/c1-19-5-7-20(8-6-19)15-12-22-11-14(15)18-16(21)9-13-3-2-4-17-10-13;2-1-3/h2-4,10,14-15H,5-9,11-12H2,1H3,(H,18,21);1H,(H,2,3)/t14-,15-;/m0./s1. The Morgan fingerprint density at radius 1 is 1.40 bits per heavy atom. The van der Waals surface area contributed by atoms with Gasteiger partial charge in [0.15, 0.2) is 0 Å². The van der Waals surface area contributed by atoms with E-state index in [4.69, 9.17) is 14.6 Å². The highest BCUT2D eigenvalue weighted by molar-refractivity contribution is 5.78. The molecule has 1 amide bonds. The Kier molecular flexibility index (Phi) is 7.77. The van der Waals surface area contributed by atoms with Gasteiger partial charge in [0, 0.05) is 38.6 Å². The molecule has 2 aliphatic heterocycles. The zero-order chi connectivity index (χ0) is 18.1. The molecule has 1 aromatic heterocycles. The van der Waals surface area contributed by atoms with Crippen LogP contribution in [-0.2, 0) is 20.7 Å². The van der Waals surface area contributed by atoms with Gasteiger partial charge in [0.2, 0.25) is 5.91 Å². The van der Waals surface area contributed by atoms with Gasteiger partial charge in [-0.2, -0.15) is 0 Å². The monoisotopic (exact) mass is 350 g/mol. The summed E-state index contributed by atoms with van der Waals surface area (Å²) in [4.78, 5) is 29.4. The van der Waals surface area contributed by atoms with Crippen molar-refractivity contribution in [3.63, 3.8) is 0 Å². The molecule has 0 saturated carbocycles. The first-order valence-electron chi connectivity index (χ1n) is 8.40. The zero-order valence-electron chi connectivity index (χ0n) is 14.5. The summed E-state index contributed by atoms with van der Waals surface area (Å²) in [6.07, 6.45) is 3.83. The maximum atomic E-state index is 12.2. The molecule has 3 rings (SSSR count). The van der Waals surface area contributed by atoms with Crippen molar-refractivity contribution in [1.29, 1.82) is 0 Å². The van der Waals surface area contributed by atoms with E-state index in [9.17, 15) is 4.79 Å². The molecule has 2 atom stereocenters. The first-order chi connectivity index (χ1) is 12.1. The lowest BCUT2D eigenvalue weighted by Gasteiger charge is -2.38. The summed E-state index contributed by atoms with van der Waals surface area (Å²) in [5.41, 5.74) is 0.940. The number of piperazine rings is 1. The van der Waals surface area contributed by atoms with Gasteiger partial charge >= 0.3 is 0 Å². The van der Waals surface area contributed by atoms with Gasteiger partial charge in [-0.25, -0.2) is 0 Å². The number of carbonyl (C=O) groups is 2. The molecule has 2 saturated heterocycles. The number of rotatable bonds is 4. The molecule has 0 aromatic carbocycles. The number of hydrogen-bond acceptors (Lipinski definition) is 6. The number of ether oxygens (including phenoxy) is 1. The van der Waals surface area contributed by atoms with Crippen LogP contribution in [0.25, 0.3) is 0 Å². The van der Waals surface area contributed by atoms with Gasteiger partial charge in [0.1, 0.15) is 0 Å². The highest BCUT2D eigenvalue weighted by atomic mass is 16.5. The van der Waals surface area contributed by atoms with Gasteiger partial charge in [-0.15, -0.1) is 0 Å². The number of likely N-dealkylation sites (N-methyl/N-ethyl adjacent to an activating group) is 1. The molecular weight excluding hydrogens is 324 g/mol. The Bertz CT molecular complexity index is 535. The molecule has 0 unspecified atom stereocenters. The lowest BCUT2D eigenvalue weighted by Crippen LogP contribution is -2.56. The number of carboxylic acid groups (broad SMARTS) is 1. The minimum Gasteiger partial charge on any atom is -0.483 e. The molecule has 3 heterocycles. The fraction of sp³-hybridized carbons (Fsp3) is 0.588. The summed E-state index contributed by atoms with van der Waals surface area (Å²) in [7, 11) is 2.15. The third-order valence-corrected chi connectivity index (χ3v) is 4.49.